The first kappa shape index (κ1) is 16.3. The van der Waals surface area contributed by atoms with Gasteiger partial charge in [0.05, 0.1) is 11.8 Å². The molecule has 1 fully saturated rings. The van der Waals surface area contributed by atoms with Crippen molar-refractivity contribution in [3.63, 3.8) is 0 Å². The second-order valence-electron chi connectivity index (χ2n) is 5.72. The van der Waals surface area contributed by atoms with E-state index in [0.717, 1.165) is 34.1 Å². The number of rotatable bonds is 4. The molecule has 1 aliphatic heterocycles. The topological polar surface area (TPSA) is 45.5 Å². The van der Waals surface area contributed by atoms with Gasteiger partial charge in [-0.1, -0.05) is 42.2 Å². The highest BCUT2D eigenvalue weighted by molar-refractivity contribution is 8.23. The van der Waals surface area contributed by atoms with Crippen molar-refractivity contribution in [1.82, 2.24) is 10.2 Å². The molecule has 0 radical (unpaired) electrons. The number of furan rings is 1. The third-order valence-electron chi connectivity index (χ3n) is 3.94. The summed E-state index contributed by atoms with van der Waals surface area (Å²) in [6, 6.07) is 9.66. The maximum atomic E-state index is 12.1. The molecule has 122 valence electrons. The van der Waals surface area contributed by atoms with Gasteiger partial charge in [0.1, 0.15) is 15.7 Å². The first-order chi connectivity index (χ1) is 11.1. The molecule has 1 aliphatic rings. The van der Waals surface area contributed by atoms with Gasteiger partial charge in [-0.05, 0) is 31.9 Å². The van der Waals surface area contributed by atoms with Crippen LogP contribution in [0, 0.1) is 0 Å². The summed E-state index contributed by atoms with van der Waals surface area (Å²) in [4.78, 5) is 14.3. The Bertz CT molecular complexity index is 674. The van der Waals surface area contributed by atoms with Crippen LogP contribution in [0.4, 0.5) is 0 Å². The van der Waals surface area contributed by atoms with E-state index in [4.69, 9.17) is 16.6 Å². The molecule has 1 amide bonds. The monoisotopic (exact) mass is 348 g/mol. The van der Waals surface area contributed by atoms with Gasteiger partial charge < -0.3 is 14.6 Å². The molecule has 0 saturated carbocycles. The molecule has 1 saturated heterocycles. The molecule has 1 N–H and O–H groups in total. The second-order valence-corrected chi connectivity index (χ2v) is 7.33. The van der Waals surface area contributed by atoms with Crippen molar-refractivity contribution in [3.8, 4) is 0 Å². The van der Waals surface area contributed by atoms with Crippen LogP contribution in [-0.4, -0.2) is 34.0 Å². The minimum atomic E-state index is -0.157. The Kier molecular flexibility index (Phi) is 5.23. The van der Waals surface area contributed by atoms with Gasteiger partial charge in [-0.2, -0.15) is 0 Å². The number of para-hydroxylation sites is 1. The quantitative estimate of drug-likeness (QED) is 0.853. The lowest BCUT2D eigenvalue weighted by atomic mass is 10.2. The Morgan fingerprint density at radius 1 is 1.39 bits per heavy atom. The van der Waals surface area contributed by atoms with E-state index in [2.05, 4.69) is 10.2 Å². The molecule has 0 spiro atoms. The van der Waals surface area contributed by atoms with Gasteiger partial charge in [-0.3, -0.25) is 4.79 Å². The number of benzene rings is 1. The van der Waals surface area contributed by atoms with Gasteiger partial charge in [0.15, 0.2) is 0 Å². The maximum Gasteiger partial charge on any atom is 0.231 e. The van der Waals surface area contributed by atoms with E-state index in [9.17, 15) is 4.79 Å². The predicted octanol–water partition coefficient (Wildman–Crippen LogP) is 3.72. The lowest BCUT2D eigenvalue weighted by Gasteiger charge is -2.17. The maximum absolute atomic E-state index is 12.1. The molecule has 3 rings (SSSR count). The predicted molar refractivity (Wildman–Crippen MR) is 98.6 cm³/mol. The molecule has 2 heterocycles. The molecule has 23 heavy (non-hydrogen) atoms. The standard InChI is InChI=1S/C17H20N2O2S2/c1-12(15-10-13-6-2-3-7-14(13)21-15)18-16(20)11-23-17(22)19-8-4-5-9-19/h2-3,6-7,10,12H,4-5,8-9,11H2,1H3,(H,18,20)/t12-/m1/s1. The van der Waals surface area contributed by atoms with Crippen molar-refractivity contribution in [1.29, 1.82) is 0 Å². The van der Waals surface area contributed by atoms with Crippen molar-refractivity contribution < 1.29 is 9.21 Å². The van der Waals surface area contributed by atoms with Crippen LogP contribution in [0.25, 0.3) is 11.0 Å². The Morgan fingerprint density at radius 3 is 2.87 bits per heavy atom. The number of thiocarbonyl (C=S) groups is 1. The number of nitrogens with zero attached hydrogens (tertiary/aromatic N) is 1. The van der Waals surface area contributed by atoms with E-state index in [1.54, 1.807) is 0 Å². The summed E-state index contributed by atoms with van der Waals surface area (Å²) in [6.45, 7) is 3.96. The number of carbonyl (C=O) groups is 1. The number of hydrogen-bond donors (Lipinski definition) is 1. The lowest BCUT2D eigenvalue weighted by molar-refractivity contribution is -0.119. The molecule has 4 nitrogen and oxygen atoms in total. The van der Waals surface area contributed by atoms with Gasteiger partial charge in [0, 0.05) is 18.5 Å². The fourth-order valence-corrected chi connectivity index (χ4v) is 3.75. The van der Waals surface area contributed by atoms with Crippen LogP contribution in [0.3, 0.4) is 0 Å². The van der Waals surface area contributed by atoms with E-state index in [1.807, 2.05) is 37.3 Å². The zero-order valence-corrected chi connectivity index (χ0v) is 14.7. The number of thioether (sulfide) groups is 1. The fourth-order valence-electron chi connectivity index (χ4n) is 2.69. The van der Waals surface area contributed by atoms with Gasteiger partial charge in [0.25, 0.3) is 0 Å². The number of fused-ring (bicyclic) bond motifs is 1. The highest BCUT2D eigenvalue weighted by Crippen LogP contribution is 2.23. The van der Waals surface area contributed by atoms with Gasteiger partial charge in [-0.25, -0.2) is 0 Å². The van der Waals surface area contributed by atoms with Crippen molar-refractivity contribution in [2.24, 2.45) is 0 Å². The van der Waals surface area contributed by atoms with Crippen LogP contribution in [0.15, 0.2) is 34.7 Å². The van der Waals surface area contributed by atoms with Crippen molar-refractivity contribution in [2.75, 3.05) is 18.8 Å². The van der Waals surface area contributed by atoms with E-state index in [-0.39, 0.29) is 11.9 Å². The summed E-state index contributed by atoms with van der Waals surface area (Å²) in [7, 11) is 0. The largest absolute Gasteiger partial charge is 0.459 e. The van der Waals surface area contributed by atoms with Crippen LogP contribution >= 0.6 is 24.0 Å². The summed E-state index contributed by atoms with van der Waals surface area (Å²) in [6.07, 6.45) is 2.38. The van der Waals surface area contributed by atoms with E-state index < -0.39 is 0 Å². The minimum Gasteiger partial charge on any atom is -0.459 e. The molecule has 2 aromatic rings. The third-order valence-corrected chi connectivity index (χ3v) is 5.46. The van der Waals surface area contributed by atoms with E-state index in [1.165, 1.54) is 24.6 Å². The average molecular weight is 348 g/mol. The van der Waals surface area contributed by atoms with Crippen LogP contribution in [0.5, 0.6) is 0 Å². The fraction of sp³-hybridized carbons (Fsp3) is 0.412. The zero-order valence-electron chi connectivity index (χ0n) is 13.1. The Hall–Kier alpha value is -1.53. The summed E-state index contributed by atoms with van der Waals surface area (Å²) in [5.41, 5.74) is 0.841. The smallest absolute Gasteiger partial charge is 0.231 e. The molecular weight excluding hydrogens is 328 g/mol. The SMILES string of the molecule is C[C@@H](NC(=O)CSC(=S)N1CCCC1)c1cc2ccccc2o1. The normalized spacial score (nSPS) is 15.8. The molecule has 1 atom stereocenters. The first-order valence-corrected chi connectivity index (χ1v) is 9.22. The number of hydrogen-bond acceptors (Lipinski definition) is 4. The molecule has 1 aromatic heterocycles. The summed E-state index contributed by atoms with van der Waals surface area (Å²) >= 11 is 6.81. The Balaban J connectivity index is 1.51. The van der Waals surface area contributed by atoms with Crippen molar-refractivity contribution >= 4 is 45.2 Å². The van der Waals surface area contributed by atoms with Crippen LogP contribution in [0.1, 0.15) is 31.6 Å². The molecule has 6 heteroatoms. The summed E-state index contributed by atoms with van der Waals surface area (Å²) in [5, 5.41) is 4.02. The lowest BCUT2D eigenvalue weighted by Crippen LogP contribution is -2.30. The van der Waals surface area contributed by atoms with Gasteiger partial charge in [0.2, 0.25) is 5.91 Å². The molecule has 1 aromatic carbocycles. The van der Waals surface area contributed by atoms with Crippen LogP contribution in [-0.2, 0) is 4.79 Å². The minimum absolute atomic E-state index is 0.0236. The van der Waals surface area contributed by atoms with Gasteiger partial charge >= 0.3 is 0 Å². The molecule has 0 unspecified atom stereocenters. The number of carbonyl (C=O) groups excluding carboxylic acids is 1. The Labute approximate surface area is 145 Å². The molecular formula is C17H20N2O2S2. The van der Waals surface area contributed by atoms with Gasteiger partial charge in [-0.15, -0.1) is 0 Å². The van der Waals surface area contributed by atoms with Crippen molar-refractivity contribution in [3.05, 3.63) is 36.1 Å². The number of likely N-dealkylation sites (tertiary alicyclic amines) is 1. The number of amides is 1. The Morgan fingerprint density at radius 2 is 2.13 bits per heavy atom. The molecule has 0 bridgehead atoms. The summed E-state index contributed by atoms with van der Waals surface area (Å²) in [5.74, 6) is 1.09. The second kappa shape index (κ2) is 7.36. The van der Waals surface area contributed by atoms with Crippen LogP contribution < -0.4 is 5.32 Å². The highest BCUT2D eigenvalue weighted by atomic mass is 32.2. The van der Waals surface area contributed by atoms with E-state index in [0.29, 0.717) is 5.75 Å². The van der Waals surface area contributed by atoms with Crippen LogP contribution in [0.2, 0.25) is 0 Å². The first-order valence-electron chi connectivity index (χ1n) is 7.83. The van der Waals surface area contributed by atoms with Crippen molar-refractivity contribution in [2.45, 2.75) is 25.8 Å². The summed E-state index contributed by atoms with van der Waals surface area (Å²) < 4.78 is 6.61. The third kappa shape index (κ3) is 4.06. The number of nitrogens with one attached hydrogen (secondary N) is 1. The average Bonchev–Trinajstić information content (AvgIpc) is 3.21. The molecule has 0 aliphatic carbocycles. The highest BCUT2D eigenvalue weighted by Gasteiger charge is 2.18. The van der Waals surface area contributed by atoms with E-state index >= 15 is 0 Å². The zero-order chi connectivity index (χ0) is 16.2.